The number of phenols is 2. The van der Waals surface area contributed by atoms with Crippen molar-refractivity contribution >= 4 is 11.6 Å². The molecule has 140 valence electrons. The maximum absolute atomic E-state index is 13.0. The number of carbonyl (C=O) groups excluding carboxylic acids is 2. The molecule has 0 aromatic heterocycles. The van der Waals surface area contributed by atoms with E-state index in [1.807, 2.05) is 6.07 Å². The summed E-state index contributed by atoms with van der Waals surface area (Å²) in [6.45, 7) is 0. The maximum atomic E-state index is 13.0. The number of phenolic OH excluding ortho intramolecular Hbond substituents is 2. The SMILES string of the molecule is COc1ccc(-c2ccc3c(c2)C(=O)c2c(O)ccc(O)c2C3=O)cc1OC. The smallest absolute Gasteiger partial charge is 0.198 e. The summed E-state index contributed by atoms with van der Waals surface area (Å²) in [5.74, 6) is -0.580. The Kier molecular flexibility index (Phi) is 4.04. The molecule has 0 amide bonds. The predicted molar refractivity (Wildman–Crippen MR) is 102 cm³/mol. The maximum Gasteiger partial charge on any atom is 0.198 e. The summed E-state index contributed by atoms with van der Waals surface area (Å²) in [4.78, 5) is 25.8. The van der Waals surface area contributed by atoms with Crippen LogP contribution in [0.1, 0.15) is 31.8 Å². The third-order valence-corrected chi connectivity index (χ3v) is 4.84. The van der Waals surface area contributed by atoms with Crippen LogP contribution in [0.2, 0.25) is 0 Å². The van der Waals surface area contributed by atoms with Gasteiger partial charge in [-0.15, -0.1) is 0 Å². The van der Waals surface area contributed by atoms with Crippen LogP contribution >= 0.6 is 0 Å². The second kappa shape index (κ2) is 6.42. The number of benzene rings is 3. The molecule has 0 saturated carbocycles. The molecule has 0 heterocycles. The Morgan fingerprint density at radius 2 is 1.18 bits per heavy atom. The molecule has 0 unspecified atom stereocenters. The molecule has 6 heteroatoms. The van der Waals surface area contributed by atoms with Crippen LogP contribution in [0.3, 0.4) is 0 Å². The Hall–Kier alpha value is -3.80. The standard InChI is InChI=1S/C22H16O6/c1-27-17-8-4-12(10-18(17)28-2)11-3-5-13-14(9-11)22(26)20-16(24)7-6-15(23)19(20)21(13)25/h3-10,23-24H,1-2H3. The molecule has 6 nitrogen and oxygen atoms in total. The Morgan fingerprint density at radius 1 is 0.643 bits per heavy atom. The molecule has 0 saturated heterocycles. The van der Waals surface area contributed by atoms with E-state index >= 15 is 0 Å². The van der Waals surface area contributed by atoms with E-state index in [2.05, 4.69) is 0 Å². The van der Waals surface area contributed by atoms with Gasteiger partial charge in [0.05, 0.1) is 25.3 Å². The first-order valence-electron chi connectivity index (χ1n) is 8.47. The largest absolute Gasteiger partial charge is 0.507 e. The first-order chi connectivity index (χ1) is 13.5. The van der Waals surface area contributed by atoms with Gasteiger partial charge in [0.2, 0.25) is 0 Å². The fourth-order valence-electron chi connectivity index (χ4n) is 3.44. The van der Waals surface area contributed by atoms with Crippen molar-refractivity contribution in [1.29, 1.82) is 0 Å². The summed E-state index contributed by atoms with van der Waals surface area (Å²) in [5, 5.41) is 20.1. The van der Waals surface area contributed by atoms with Crippen molar-refractivity contribution in [3.8, 4) is 34.1 Å². The molecule has 28 heavy (non-hydrogen) atoms. The van der Waals surface area contributed by atoms with Gasteiger partial charge < -0.3 is 19.7 Å². The molecule has 1 aliphatic carbocycles. The Morgan fingerprint density at radius 3 is 1.79 bits per heavy atom. The van der Waals surface area contributed by atoms with Crippen molar-refractivity contribution < 1.29 is 29.3 Å². The Labute approximate surface area is 160 Å². The highest BCUT2D eigenvalue weighted by molar-refractivity contribution is 6.30. The molecule has 0 atom stereocenters. The normalized spacial score (nSPS) is 12.4. The fourth-order valence-corrected chi connectivity index (χ4v) is 3.44. The summed E-state index contributed by atoms with van der Waals surface area (Å²) in [6, 6.07) is 12.6. The Balaban J connectivity index is 1.87. The monoisotopic (exact) mass is 376 g/mol. The Bertz CT molecular complexity index is 1150. The molecule has 4 rings (SSSR count). The van der Waals surface area contributed by atoms with E-state index in [0.717, 1.165) is 5.56 Å². The summed E-state index contributed by atoms with van der Waals surface area (Å²) < 4.78 is 10.6. The van der Waals surface area contributed by atoms with E-state index in [0.29, 0.717) is 17.1 Å². The lowest BCUT2D eigenvalue weighted by Crippen LogP contribution is -2.21. The minimum Gasteiger partial charge on any atom is -0.507 e. The average Bonchev–Trinajstić information content (AvgIpc) is 2.72. The molecular weight excluding hydrogens is 360 g/mol. The predicted octanol–water partition coefficient (Wildman–Crippen LogP) is 3.56. The number of ether oxygens (including phenoxy) is 2. The molecule has 0 bridgehead atoms. The van der Waals surface area contributed by atoms with E-state index in [1.165, 1.54) is 19.2 Å². The van der Waals surface area contributed by atoms with Gasteiger partial charge in [0.15, 0.2) is 23.1 Å². The van der Waals surface area contributed by atoms with Crippen LogP contribution in [0.15, 0.2) is 48.5 Å². The number of hydrogen-bond donors (Lipinski definition) is 2. The molecule has 0 radical (unpaired) electrons. The molecule has 1 aliphatic rings. The van der Waals surface area contributed by atoms with Crippen LogP contribution in [-0.4, -0.2) is 36.0 Å². The number of hydrogen-bond acceptors (Lipinski definition) is 6. The van der Waals surface area contributed by atoms with Gasteiger partial charge in [-0.2, -0.15) is 0 Å². The van der Waals surface area contributed by atoms with Gasteiger partial charge in [-0.05, 0) is 47.5 Å². The number of fused-ring (bicyclic) bond motifs is 2. The van der Waals surface area contributed by atoms with Gasteiger partial charge in [-0.25, -0.2) is 0 Å². The van der Waals surface area contributed by atoms with E-state index in [9.17, 15) is 19.8 Å². The highest BCUT2D eigenvalue weighted by Gasteiger charge is 2.34. The van der Waals surface area contributed by atoms with Gasteiger partial charge in [0.25, 0.3) is 0 Å². The zero-order chi connectivity index (χ0) is 20.0. The lowest BCUT2D eigenvalue weighted by atomic mass is 9.82. The van der Waals surface area contributed by atoms with Gasteiger partial charge in [0, 0.05) is 11.1 Å². The second-order valence-electron chi connectivity index (χ2n) is 6.34. The zero-order valence-corrected chi connectivity index (χ0v) is 15.1. The van der Waals surface area contributed by atoms with E-state index in [4.69, 9.17) is 9.47 Å². The number of ketones is 2. The van der Waals surface area contributed by atoms with Gasteiger partial charge in [-0.1, -0.05) is 12.1 Å². The van der Waals surface area contributed by atoms with Crippen molar-refractivity contribution in [3.05, 3.63) is 70.8 Å². The highest BCUT2D eigenvalue weighted by atomic mass is 16.5. The van der Waals surface area contributed by atoms with Gasteiger partial charge in [-0.3, -0.25) is 9.59 Å². The minimum absolute atomic E-state index is 0.170. The van der Waals surface area contributed by atoms with Crippen LogP contribution < -0.4 is 9.47 Å². The molecule has 0 aliphatic heterocycles. The molecule has 2 N–H and O–H groups in total. The van der Waals surface area contributed by atoms with Crippen LogP contribution in [0, 0.1) is 0 Å². The summed E-state index contributed by atoms with van der Waals surface area (Å²) >= 11 is 0. The van der Waals surface area contributed by atoms with Gasteiger partial charge in [0.1, 0.15) is 11.5 Å². The van der Waals surface area contributed by atoms with Gasteiger partial charge >= 0.3 is 0 Å². The fraction of sp³-hybridized carbons (Fsp3) is 0.0909. The third-order valence-electron chi connectivity index (χ3n) is 4.84. The topological polar surface area (TPSA) is 93.1 Å². The number of rotatable bonds is 3. The van der Waals surface area contributed by atoms with Crippen molar-refractivity contribution in [3.63, 3.8) is 0 Å². The van der Waals surface area contributed by atoms with Crippen LogP contribution in [0.5, 0.6) is 23.0 Å². The number of carbonyl (C=O) groups is 2. The first kappa shape index (κ1) is 17.6. The number of aromatic hydroxyl groups is 2. The van der Waals surface area contributed by atoms with Crippen LogP contribution in [0.25, 0.3) is 11.1 Å². The van der Waals surface area contributed by atoms with Crippen molar-refractivity contribution in [1.82, 2.24) is 0 Å². The molecular formula is C22H16O6. The van der Waals surface area contributed by atoms with Crippen molar-refractivity contribution in [2.24, 2.45) is 0 Å². The van der Waals surface area contributed by atoms with E-state index < -0.39 is 11.6 Å². The highest BCUT2D eigenvalue weighted by Crippen LogP contribution is 2.39. The van der Waals surface area contributed by atoms with Crippen LogP contribution in [-0.2, 0) is 0 Å². The van der Waals surface area contributed by atoms with E-state index in [1.54, 1.807) is 37.4 Å². The first-order valence-corrected chi connectivity index (χ1v) is 8.47. The van der Waals surface area contributed by atoms with Crippen LogP contribution in [0.4, 0.5) is 0 Å². The summed E-state index contributed by atoms with van der Waals surface area (Å²) in [7, 11) is 3.07. The number of methoxy groups -OCH3 is 2. The molecule has 0 fully saturated rings. The molecule has 0 spiro atoms. The zero-order valence-electron chi connectivity index (χ0n) is 15.1. The summed E-state index contributed by atoms with van der Waals surface area (Å²) in [5.41, 5.74) is 1.47. The van der Waals surface area contributed by atoms with Crippen molar-refractivity contribution in [2.45, 2.75) is 0 Å². The lowest BCUT2D eigenvalue weighted by Gasteiger charge is -2.20. The molecule has 3 aromatic rings. The minimum atomic E-state index is -0.514. The third kappa shape index (κ3) is 2.50. The quantitative estimate of drug-likeness (QED) is 0.531. The molecule has 3 aromatic carbocycles. The lowest BCUT2D eigenvalue weighted by molar-refractivity contribution is 0.0974. The van der Waals surface area contributed by atoms with Crippen molar-refractivity contribution in [2.75, 3.05) is 14.2 Å². The average molecular weight is 376 g/mol. The van der Waals surface area contributed by atoms with E-state index in [-0.39, 0.29) is 33.8 Å². The second-order valence-corrected chi connectivity index (χ2v) is 6.34. The summed E-state index contributed by atoms with van der Waals surface area (Å²) in [6.07, 6.45) is 0.